The molecule has 0 saturated carbocycles. The van der Waals surface area contributed by atoms with Crippen LogP contribution in [-0.2, 0) is 10.8 Å². The Labute approximate surface area is 285 Å². The number of benzene rings is 2. The molecular formula is C30H42AlBr2Cl5F2. The van der Waals surface area contributed by atoms with Crippen molar-refractivity contribution in [2.45, 2.75) is 115 Å². The number of aryl methyl sites for hydroxylation is 2. The number of rotatable bonds is 3. The molecule has 0 amide bonds. The molecule has 1 aliphatic carbocycles. The summed E-state index contributed by atoms with van der Waals surface area (Å²) in [5.41, 5.74) is 4.03. The molecule has 10 heteroatoms. The van der Waals surface area contributed by atoms with E-state index in [4.69, 9.17) is 53.3 Å². The summed E-state index contributed by atoms with van der Waals surface area (Å²) in [6.07, 6.45) is 4.09. The molecule has 0 fully saturated rings. The van der Waals surface area contributed by atoms with Crippen molar-refractivity contribution in [2.75, 3.05) is 0 Å². The minimum absolute atomic E-state index is 0.0576. The van der Waals surface area contributed by atoms with E-state index in [2.05, 4.69) is 65.6 Å². The lowest BCUT2D eigenvalue weighted by Gasteiger charge is -2.42. The average molecular weight is 805 g/mol. The maximum Gasteiger partial charge on any atom is 0.643 e. The van der Waals surface area contributed by atoms with Gasteiger partial charge >= 0.3 is 11.4 Å². The third-order valence-electron chi connectivity index (χ3n) is 6.63. The third kappa shape index (κ3) is 15.3. The molecule has 0 spiro atoms. The first-order valence-corrected chi connectivity index (χ1v) is 20.6. The monoisotopic (exact) mass is 800 g/mol. The van der Waals surface area contributed by atoms with Crippen molar-refractivity contribution in [3.8, 4) is 0 Å². The summed E-state index contributed by atoms with van der Waals surface area (Å²) in [6.45, 7) is 20.6. The molecule has 0 aliphatic heterocycles. The van der Waals surface area contributed by atoms with Crippen LogP contribution >= 0.6 is 85.2 Å². The second-order valence-corrected chi connectivity index (χ2v) is 22.6. The molecule has 0 unspecified atom stereocenters. The van der Waals surface area contributed by atoms with Gasteiger partial charge in [-0.05, 0) is 138 Å². The van der Waals surface area contributed by atoms with Crippen molar-refractivity contribution in [1.82, 2.24) is 0 Å². The van der Waals surface area contributed by atoms with Gasteiger partial charge in [0.15, 0.2) is 0 Å². The van der Waals surface area contributed by atoms with Crippen molar-refractivity contribution in [3.63, 3.8) is 0 Å². The molecule has 0 nitrogen and oxygen atoms in total. The molecule has 2 aromatic carbocycles. The first kappa shape index (κ1) is 41.2. The maximum atomic E-state index is 14.5. The molecule has 3 rings (SSSR count). The normalized spacial score (nSPS) is 15.3. The first-order chi connectivity index (χ1) is 17.8. The van der Waals surface area contributed by atoms with Gasteiger partial charge in [-0.3, -0.25) is 0 Å². The summed E-state index contributed by atoms with van der Waals surface area (Å²) in [7, 11) is 14.8. The van der Waals surface area contributed by atoms with Crippen molar-refractivity contribution in [3.05, 3.63) is 67.1 Å². The lowest BCUT2D eigenvalue weighted by Crippen LogP contribution is -2.35. The predicted octanol–water partition coefficient (Wildman–Crippen LogP) is 13.6. The number of hydrogen-bond acceptors (Lipinski definition) is 0. The Morgan fingerprint density at radius 1 is 0.800 bits per heavy atom. The van der Waals surface area contributed by atoms with Gasteiger partial charge in [-0.1, -0.05) is 45.9 Å². The van der Waals surface area contributed by atoms with Crippen molar-refractivity contribution in [2.24, 2.45) is 0 Å². The molecule has 0 N–H and O–H groups in total. The summed E-state index contributed by atoms with van der Waals surface area (Å²) in [5.74, 6) is -0.257. The van der Waals surface area contributed by atoms with Gasteiger partial charge in [0.1, 0.15) is 11.6 Å². The lowest BCUT2D eigenvalue weighted by atomic mass is 9.63. The minimum Gasteiger partial charge on any atom is -0.214 e. The molecule has 0 bridgehead atoms. The van der Waals surface area contributed by atoms with Crippen LogP contribution in [0.2, 0.25) is 0 Å². The highest BCUT2D eigenvalue weighted by Gasteiger charge is 2.40. The molecule has 0 saturated heterocycles. The smallest absolute Gasteiger partial charge is 0.214 e. The SMILES string of the molecule is CC(C)(Cl)CCC(C)(C)Cl.Cc1cc2c(c(F)c1Br)C(C)(C)CCC2(C)C.Cc1cccc(F)c1Br.[Cl][Al]([Cl])[Cl]. The highest BCUT2D eigenvalue weighted by Crippen LogP contribution is 2.48. The number of hydrogen-bond donors (Lipinski definition) is 0. The van der Waals surface area contributed by atoms with Crippen LogP contribution in [0.3, 0.4) is 0 Å². The molecule has 0 radical (unpaired) electrons. The van der Waals surface area contributed by atoms with E-state index in [0.717, 1.165) is 42.4 Å². The van der Waals surface area contributed by atoms with E-state index in [0.29, 0.717) is 8.95 Å². The zero-order chi connectivity index (χ0) is 31.9. The van der Waals surface area contributed by atoms with E-state index in [9.17, 15) is 8.78 Å². The first-order valence-electron chi connectivity index (χ1n) is 13.0. The molecule has 0 heterocycles. The van der Waals surface area contributed by atoms with E-state index >= 15 is 0 Å². The van der Waals surface area contributed by atoms with Crippen molar-refractivity contribution in [1.29, 1.82) is 0 Å². The predicted molar refractivity (Wildman–Crippen MR) is 185 cm³/mol. The molecule has 0 atom stereocenters. The van der Waals surface area contributed by atoms with Crippen LogP contribution in [0.5, 0.6) is 0 Å². The van der Waals surface area contributed by atoms with Gasteiger partial charge in [0, 0.05) is 9.75 Å². The van der Waals surface area contributed by atoms with Gasteiger partial charge in [-0.15, -0.1) is 23.2 Å². The Morgan fingerprint density at radius 3 is 1.60 bits per heavy atom. The standard InChI is InChI=1S/C15H20BrF.C8H16Cl2.C7H6BrF.Al.3ClH/c1-9-8-10-11(13(17)12(9)16)15(4,5)7-6-14(10,2)3;1-7(2,9)5-6-8(3,4)10;1-5-3-2-4-6(9)7(5)8;;;;/h8H,6-7H2,1-5H3;5-6H2,1-4H3;2-4H,1H3;;3*1H/q;;;+3;;;/p-3. The fourth-order valence-corrected chi connectivity index (χ4v) is 4.81. The highest BCUT2D eigenvalue weighted by atomic mass is 79.9. The van der Waals surface area contributed by atoms with Crippen LogP contribution in [0, 0.1) is 25.5 Å². The Hall–Kier alpha value is 1.24. The number of fused-ring (bicyclic) bond motifs is 1. The quantitative estimate of drug-likeness (QED) is 0.214. The Morgan fingerprint density at radius 2 is 1.23 bits per heavy atom. The zero-order valence-electron chi connectivity index (χ0n) is 25.1. The van der Waals surface area contributed by atoms with Crippen LogP contribution in [0.4, 0.5) is 8.78 Å². The summed E-state index contributed by atoms with van der Waals surface area (Å²) in [4.78, 5) is -0.210. The zero-order valence-corrected chi connectivity index (χ0v) is 33.2. The van der Waals surface area contributed by atoms with E-state index in [1.807, 2.05) is 47.6 Å². The van der Waals surface area contributed by atoms with Crippen LogP contribution in [-0.4, -0.2) is 21.1 Å². The van der Waals surface area contributed by atoms with E-state index in [1.54, 1.807) is 6.07 Å². The molecule has 228 valence electrons. The van der Waals surface area contributed by atoms with Gasteiger partial charge in [0.2, 0.25) is 0 Å². The largest absolute Gasteiger partial charge is 0.643 e. The van der Waals surface area contributed by atoms with Gasteiger partial charge in [-0.25, -0.2) is 38.9 Å². The molecule has 1 aliphatic rings. The van der Waals surface area contributed by atoms with Gasteiger partial charge in [0.05, 0.1) is 8.95 Å². The van der Waals surface area contributed by atoms with Crippen molar-refractivity contribution < 1.29 is 8.78 Å². The topological polar surface area (TPSA) is 0 Å². The minimum atomic E-state index is -1.72. The Balaban J connectivity index is 0.000000568. The van der Waals surface area contributed by atoms with Gasteiger partial charge in [0.25, 0.3) is 0 Å². The average Bonchev–Trinajstić information content (AvgIpc) is 2.77. The molecule has 40 heavy (non-hydrogen) atoms. The molecular weight excluding hydrogens is 762 g/mol. The second kappa shape index (κ2) is 17.1. The van der Waals surface area contributed by atoms with Crippen LogP contribution in [0.1, 0.15) is 103 Å². The van der Waals surface area contributed by atoms with Gasteiger partial charge < -0.3 is 0 Å². The van der Waals surface area contributed by atoms with E-state index in [-0.39, 0.29) is 32.2 Å². The number of alkyl halides is 2. The summed E-state index contributed by atoms with van der Waals surface area (Å²) < 4.78 is 28.3. The van der Waals surface area contributed by atoms with Gasteiger partial charge in [-0.2, -0.15) is 0 Å². The van der Waals surface area contributed by atoms with Crippen LogP contribution < -0.4 is 0 Å². The lowest BCUT2D eigenvalue weighted by molar-refractivity contribution is 0.319. The summed E-state index contributed by atoms with van der Waals surface area (Å²) in [5, 5.41) is 0. The van der Waals surface area contributed by atoms with E-state index in [1.165, 1.54) is 11.6 Å². The Bertz CT molecular complexity index is 1060. The molecule has 2 aromatic rings. The fraction of sp³-hybridized carbons (Fsp3) is 0.600. The van der Waals surface area contributed by atoms with E-state index < -0.39 is 11.4 Å². The highest BCUT2D eigenvalue weighted by molar-refractivity contribution is 9.10. The number of halogens is 9. The summed E-state index contributed by atoms with van der Waals surface area (Å²) >= 11 is 16.7. The van der Waals surface area contributed by atoms with Crippen molar-refractivity contribution >= 4 is 96.6 Å². The fourth-order valence-electron chi connectivity index (χ4n) is 4.04. The molecule has 0 aromatic heterocycles. The summed E-state index contributed by atoms with van der Waals surface area (Å²) in [6, 6.07) is 7.13. The van der Waals surface area contributed by atoms with Crippen LogP contribution in [0.25, 0.3) is 0 Å². The second-order valence-electron chi connectivity index (χ2n) is 12.6. The van der Waals surface area contributed by atoms with Crippen LogP contribution in [0.15, 0.2) is 33.2 Å². The Kier molecular flexibility index (Phi) is 17.6. The third-order valence-corrected chi connectivity index (χ3v) is 8.98. The maximum absolute atomic E-state index is 14.5.